The van der Waals surface area contributed by atoms with Crippen LogP contribution in [0.5, 0.6) is 5.88 Å². The minimum Gasteiger partial charge on any atom is -0.473 e. The summed E-state index contributed by atoms with van der Waals surface area (Å²) in [5, 5.41) is 0. The molecular formula is C8H7N3O. The van der Waals surface area contributed by atoms with Crippen molar-refractivity contribution >= 4 is 6.21 Å². The maximum absolute atomic E-state index is 5.30. The number of nitrogens with zero attached hydrogens (tertiary/aromatic N) is 3. The SMILES string of the molecule is C1=CN=Cc2cncnc2OC1. The van der Waals surface area contributed by atoms with Crippen molar-refractivity contribution in [2.75, 3.05) is 6.61 Å². The molecule has 0 aromatic carbocycles. The Balaban J connectivity index is 2.43. The van der Waals surface area contributed by atoms with Gasteiger partial charge in [-0.15, -0.1) is 0 Å². The highest BCUT2D eigenvalue weighted by atomic mass is 16.5. The summed E-state index contributed by atoms with van der Waals surface area (Å²) in [6, 6.07) is 0. The molecular weight excluding hydrogens is 154 g/mol. The van der Waals surface area contributed by atoms with Crippen molar-refractivity contribution in [2.24, 2.45) is 4.99 Å². The summed E-state index contributed by atoms with van der Waals surface area (Å²) in [4.78, 5) is 11.8. The van der Waals surface area contributed by atoms with Crippen LogP contribution < -0.4 is 4.74 Å². The van der Waals surface area contributed by atoms with Gasteiger partial charge < -0.3 is 4.74 Å². The summed E-state index contributed by atoms with van der Waals surface area (Å²) in [7, 11) is 0. The van der Waals surface area contributed by atoms with Crippen LogP contribution in [0.1, 0.15) is 5.56 Å². The maximum Gasteiger partial charge on any atom is 0.225 e. The van der Waals surface area contributed by atoms with Gasteiger partial charge in [-0.2, -0.15) is 0 Å². The number of aromatic nitrogens is 2. The zero-order valence-electron chi connectivity index (χ0n) is 6.34. The molecule has 1 aliphatic rings. The van der Waals surface area contributed by atoms with Gasteiger partial charge in [-0.05, 0) is 6.08 Å². The molecule has 0 saturated heterocycles. The second kappa shape index (κ2) is 3.13. The molecule has 2 heterocycles. The van der Waals surface area contributed by atoms with E-state index in [0.717, 1.165) is 5.56 Å². The predicted molar refractivity (Wildman–Crippen MR) is 44.3 cm³/mol. The standard InChI is InChI=1S/C8H7N3O/c1-2-9-4-7-5-10-6-11-8(7)12-3-1/h1-2,4-6H,3H2. The van der Waals surface area contributed by atoms with Gasteiger partial charge in [0.1, 0.15) is 12.9 Å². The smallest absolute Gasteiger partial charge is 0.225 e. The van der Waals surface area contributed by atoms with Crippen LogP contribution in [0.25, 0.3) is 0 Å². The molecule has 1 aromatic rings. The topological polar surface area (TPSA) is 47.4 Å². The lowest BCUT2D eigenvalue weighted by atomic mass is 10.3. The predicted octanol–water partition coefficient (Wildman–Crippen LogP) is 0.802. The van der Waals surface area contributed by atoms with E-state index < -0.39 is 0 Å². The number of hydrogen-bond donors (Lipinski definition) is 0. The van der Waals surface area contributed by atoms with E-state index in [-0.39, 0.29) is 0 Å². The van der Waals surface area contributed by atoms with Gasteiger partial charge in [-0.25, -0.2) is 9.97 Å². The lowest BCUT2D eigenvalue weighted by Gasteiger charge is -2.05. The molecule has 0 saturated carbocycles. The first-order valence-electron chi connectivity index (χ1n) is 3.58. The first kappa shape index (κ1) is 6.97. The third-order valence-corrected chi connectivity index (χ3v) is 1.42. The van der Waals surface area contributed by atoms with Crippen LogP contribution in [-0.2, 0) is 0 Å². The van der Waals surface area contributed by atoms with Gasteiger partial charge in [0.2, 0.25) is 5.88 Å². The second-order valence-electron chi connectivity index (χ2n) is 2.26. The summed E-state index contributed by atoms with van der Waals surface area (Å²) in [6.07, 6.45) is 8.31. The molecule has 1 aliphatic heterocycles. The molecule has 0 fully saturated rings. The molecule has 0 radical (unpaired) electrons. The molecule has 4 heteroatoms. The fourth-order valence-electron chi connectivity index (χ4n) is 0.893. The van der Waals surface area contributed by atoms with Crippen molar-refractivity contribution in [1.82, 2.24) is 9.97 Å². The minimum absolute atomic E-state index is 0.501. The molecule has 0 bridgehead atoms. The van der Waals surface area contributed by atoms with Gasteiger partial charge in [-0.1, -0.05) is 0 Å². The number of aliphatic imine (C=N–C) groups is 1. The van der Waals surface area contributed by atoms with E-state index in [0.29, 0.717) is 12.5 Å². The van der Waals surface area contributed by atoms with Gasteiger partial charge in [0.25, 0.3) is 0 Å². The Labute approximate surface area is 69.6 Å². The Kier molecular flexibility index (Phi) is 1.82. The Hall–Kier alpha value is -1.71. The molecule has 60 valence electrons. The van der Waals surface area contributed by atoms with Crippen LogP contribution in [-0.4, -0.2) is 22.8 Å². The van der Waals surface area contributed by atoms with Crippen LogP contribution in [0.3, 0.4) is 0 Å². The molecule has 4 nitrogen and oxygen atoms in total. The van der Waals surface area contributed by atoms with Crippen molar-refractivity contribution in [3.05, 3.63) is 30.4 Å². The summed E-state index contributed by atoms with van der Waals surface area (Å²) >= 11 is 0. The second-order valence-corrected chi connectivity index (χ2v) is 2.26. The number of hydrogen-bond acceptors (Lipinski definition) is 4. The van der Waals surface area contributed by atoms with Crippen molar-refractivity contribution in [1.29, 1.82) is 0 Å². The lowest BCUT2D eigenvalue weighted by Crippen LogP contribution is -2.01. The van der Waals surface area contributed by atoms with Crippen molar-refractivity contribution < 1.29 is 4.74 Å². The fraction of sp³-hybridized carbons (Fsp3) is 0.125. The van der Waals surface area contributed by atoms with E-state index in [4.69, 9.17) is 4.74 Å². The summed E-state index contributed by atoms with van der Waals surface area (Å²) in [5.74, 6) is 0.582. The highest BCUT2D eigenvalue weighted by Gasteiger charge is 2.02. The number of fused-ring (bicyclic) bond motifs is 1. The molecule has 0 amide bonds. The molecule has 0 atom stereocenters. The van der Waals surface area contributed by atoms with E-state index in [2.05, 4.69) is 15.0 Å². The Morgan fingerprint density at radius 2 is 2.42 bits per heavy atom. The van der Waals surface area contributed by atoms with Gasteiger partial charge in [0.15, 0.2) is 0 Å². The average molecular weight is 161 g/mol. The first-order valence-corrected chi connectivity index (χ1v) is 3.58. The van der Waals surface area contributed by atoms with E-state index >= 15 is 0 Å². The first-order chi connectivity index (χ1) is 5.97. The molecule has 0 spiro atoms. The van der Waals surface area contributed by atoms with E-state index in [1.807, 2.05) is 6.08 Å². The van der Waals surface area contributed by atoms with Gasteiger partial charge in [0.05, 0.1) is 5.56 Å². The number of rotatable bonds is 0. The summed E-state index contributed by atoms with van der Waals surface area (Å²) in [6.45, 7) is 0.501. The van der Waals surface area contributed by atoms with Crippen LogP contribution >= 0.6 is 0 Å². The zero-order chi connectivity index (χ0) is 8.23. The molecule has 1 aromatic heterocycles. The lowest BCUT2D eigenvalue weighted by molar-refractivity contribution is 0.346. The largest absolute Gasteiger partial charge is 0.473 e. The highest BCUT2D eigenvalue weighted by molar-refractivity contribution is 5.82. The molecule has 0 unspecified atom stereocenters. The maximum atomic E-state index is 5.30. The van der Waals surface area contributed by atoms with E-state index in [1.165, 1.54) is 6.33 Å². The third kappa shape index (κ3) is 1.32. The Morgan fingerprint density at radius 3 is 3.42 bits per heavy atom. The van der Waals surface area contributed by atoms with Crippen LogP contribution in [0, 0.1) is 0 Å². The van der Waals surface area contributed by atoms with E-state index in [1.54, 1.807) is 18.6 Å². The van der Waals surface area contributed by atoms with Gasteiger partial charge >= 0.3 is 0 Å². The molecule has 12 heavy (non-hydrogen) atoms. The van der Waals surface area contributed by atoms with Crippen molar-refractivity contribution in [3.63, 3.8) is 0 Å². The third-order valence-electron chi connectivity index (χ3n) is 1.42. The zero-order valence-corrected chi connectivity index (χ0v) is 6.34. The van der Waals surface area contributed by atoms with Crippen LogP contribution in [0.15, 0.2) is 29.8 Å². The number of ether oxygens (including phenoxy) is 1. The van der Waals surface area contributed by atoms with Crippen LogP contribution in [0.4, 0.5) is 0 Å². The Morgan fingerprint density at radius 1 is 1.42 bits per heavy atom. The normalized spacial score (nSPS) is 14.3. The molecule has 2 rings (SSSR count). The fourth-order valence-corrected chi connectivity index (χ4v) is 0.893. The van der Waals surface area contributed by atoms with E-state index in [9.17, 15) is 0 Å². The van der Waals surface area contributed by atoms with Gasteiger partial charge in [0, 0.05) is 18.6 Å². The Bertz CT molecular complexity index is 333. The molecule has 0 N–H and O–H groups in total. The van der Waals surface area contributed by atoms with Gasteiger partial charge in [-0.3, -0.25) is 4.99 Å². The monoisotopic (exact) mass is 161 g/mol. The summed E-state index contributed by atoms with van der Waals surface area (Å²) < 4.78 is 5.30. The van der Waals surface area contributed by atoms with Crippen molar-refractivity contribution in [3.8, 4) is 5.88 Å². The summed E-state index contributed by atoms with van der Waals surface area (Å²) in [5.41, 5.74) is 0.807. The molecule has 0 aliphatic carbocycles. The average Bonchev–Trinajstić information content (AvgIpc) is 2.06. The van der Waals surface area contributed by atoms with Crippen molar-refractivity contribution in [2.45, 2.75) is 0 Å². The quantitative estimate of drug-likeness (QED) is 0.565. The minimum atomic E-state index is 0.501. The highest BCUT2D eigenvalue weighted by Crippen LogP contribution is 2.11. The van der Waals surface area contributed by atoms with Crippen LogP contribution in [0.2, 0.25) is 0 Å².